The Balaban J connectivity index is 2.44. The van der Waals surface area contributed by atoms with Crippen molar-refractivity contribution in [2.24, 2.45) is 0 Å². The van der Waals surface area contributed by atoms with Gasteiger partial charge in [-0.2, -0.15) is 16.1 Å². The fraction of sp³-hybridized carbons (Fsp3) is 0.538. The van der Waals surface area contributed by atoms with Crippen LogP contribution in [0.25, 0.3) is 0 Å². The smallest absolute Gasteiger partial charge is 0.246 e. The third-order valence-corrected chi connectivity index (χ3v) is 6.93. The number of sulfonamides is 1. The molecule has 1 heterocycles. The lowest BCUT2D eigenvalue weighted by Crippen LogP contribution is -2.48. The van der Waals surface area contributed by atoms with Gasteiger partial charge in [0.2, 0.25) is 10.0 Å². The summed E-state index contributed by atoms with van der Waals surface area (Å²) in [5.74, 6) is -0.0771. The summed E-state index contributed by atoms with van der Waals surface area (Å²) >= 11 is 1.71. The quantitative estimate of drug-likeness (QED) is 0.923. The number of thioether (sulfide) groups is 1. The van der Waals surface area contributed by atoms with Gasteiger partial charge in [-0.15, -0.1) is 0 Å². The van der Waals surface area contributed by atoms with Crippen LogP contribution in [0, 0.1) is 5.82 Å². The topological polar surface area (TPSA) is 57.6 Å². The molecule has 1 aliphatic heterocycles. The summed E-state index contributed by atoms with van der Waals surface area (Å²) in [6, 6.07) is 3.50. The highest BCUT2D eigenvalue weighted by atomic mass is 32.2. The van der Waals surface area contributed by atoms with Crippen LogP contribution < -0.4 is 0 Å². The minimum atomic E-state index is -3.87. The fourth-order valence-corrected chi connectivity index (χ4v) is 5.33. The van der Waals surface area contributed by atoms with Crippen LogP contribution in [-0.2, 0) is 16.6 Å². The largest absolute Gasteiger partial charge is 0.392 e. The molecule has 1 aliphatic rings. The van der Waals surface area contributed by atoms with Crippen molar-refractivity contribution in [1.82, 2.24) is 4.31 Å². The summed E-state index contributed by atoms with van der Waals surface area (Å²) in [4.78, 5) is -0.352. The lowest BCUT2D eigenvalue weighted by molar-refractivity contribution is 0.281. The van der Waals surface area contributed by atoms with Gasteiger partial charge in [-0.25, -0.2) is 12.8 Å². The zero-order valence-electron chi connectivity index (χ0n) is 11.4. The Morgan fingerprint density at radius 3 is 2.80 bits per heavy atom. The van der Waals surface area contributed by atoms with Crippen LogP contribution in [0.15, 0.2) is 23.1 Å². The molecule has 1 saturated heterocycles. The molecule has 2 unspecified atom stereocenters. The molecule has 1 fully saturated rings. The summed E-state index contributed by atoms with van der Waals surface area (Å²) in [5.41, 5.74) is 0.386. The summed E-state index contributed by atoms with van der Waals surface area (Å²) in [5, 5.41) is 9.26. The average Bonchev–Trinajstić information content (AvgIpc) is 2.42. The van der Waals surface area contributed by atoms with E-state index in [1.807, 2.05) is 13.8 Å². The minimum Gasteiger partial charge on any atom is -0.392 e. The average molecular weight is 319 g/mol. The first-order valence-electron chi connectivity index (χ1n) is 6.40. The summed E-state index contributed by atoms with van der Waals surface area (Å²) in [6.07, 6.45) is 0. The standard InChI is InChI=1S/C13H18FNO3S2/c1-9-10(2)19-6-5-15(9)20(17,18)13-7-11(8-16)3-4-12(13)14/h3-4,7,9-10,16H,5-6,8H2,1-2H3. The number of hydrogen-bond acceptors (Lipinski definition) is 4. The number of rotatable bonds is 3. The number of aliphatic hydroxyl groups is 1. The Bertz CT molecular complexity index is 591. The molecule has 1 aromatic carbocycles. The van der Waals surface area contributed by atoms with Gasteiger partial charge in [0, 0.05) is 23.6 Å². The molecule has 2 atom stereocenters. The normalized spacial score (nSPS) is 24.8. The van der Waals surface area contributed by atoms with Gasteiger partial charge in [-0.05, 0) is 24.6 Å². The van der Waals surface area contributed by atoms with Gasteiger partial charge in [-0.3, -0.25) is 0 Å². The van der Waals surface area contributed by atoms with Gasteiger partial charge in [0.15, 0.2) is 0 Å². The van der Waals surface area contributed by atoms with Crippen molar-refractivity contribution in [3.63, 3.8) is 0 Å². The molecule has 2 rings (SSSR count). The van der Waals surface area contributed by atoms with Crippen LogP contribution in [0.2, 0.25) is 0 Å². The Kier molecular flexibility index (Phi) is 4.73. The third-order valence-electron chi connectivity index (χ3n) is 3.59. The molecule has 0 saturated carbocycles. The van der Waals surface area contributed by atoms with Crippen molar-refractivity contribution < 1.29 is 17.9 Å². The van der Waals surface area contributed by atoms with Crippen LogP contribution >= 0.6 is 11.8 Å². The first-order chi connectivity index (χ1) is 9.37. The molecule has 20 heavy (non-hydrogen) atoms. The predicted octanol–water partition coefficient (Wildman–Crippen LogP) is 1.83. The van der Waals surface area contributed by atoms with Crippen LogP contribution in [0.4, 0.5) is 4.39 Å². The second-order valence-corrected chi connectivity index (χ2v) is 8.20. The van der Waals surface area contributed by atoms with Gasteiger partial charge in [0.05, 0.1) is 6.61 Å². The van der Waals surface area contributed by atoms with E-state index >= 15 is 0 Å². The molecule has 0 amide bonds. The van der Waals surface area contributed by atoms with Crippen LogP contribution in [0.5, 0.6) is 0 Å². The Morgan fingerprint density at radius 1 is 1.45 bits per heavy atom. The van der Waals surface area contributed by atoms with Crippen molar-refractivity contribution in [2.45, 2.75) is 36.6 Å². The van der Waals surface area contributed by atoms with E-state index in [-0.39, 0.29) is 22.8 Å². The second kappa shape index (κ2) is 6.01. The predicted molar refractivity (Wildman–Crippen MR) is 77.6 cm³/mol. The van der Waals surface area contributed by atoms with E-state index in [9.17, 15) is 12.8 Å². The second-order valence-electron chi connectivity index (χ2n) is 4.86. The van der Waals surface area contributed by atoms with Gasteiger partial charge >= 0.3 is 0 Å². The molecule has 112 valence electrons. The van der Waals surface area contributed by atoms with Gasteiger partial charge in [0.1, 0.15) is 10.7 Å². The fourth-order valence-electron chi connectivity index (χ4n) is 2.21. The molecule has 0 aromatic heterocycles. The van der Waals surface area contributed by atoms with Crippen molar-refractivity contribution in [3.8, 4) is 0 Å². The number of halogens is 1. The molecule has 0 spiro atoms. The van der Waals surface area contributed by atoms with Crippen molar-refractivity contribution in [1.29, 1.82) is 0 Å². The highest BCUT2D eigenvalue weighted by molar-refractivity contribution is 8.00. The molecule has 1 N–H and O–H groups in total. The van der Waals surface area contributed by atoms with E-state index in [1.54, 1.807) is 11.8 Å². The molecule has 0 aliphatic carbocycles. The molecular weight excluding hydrogens is 301 g/mol. The number of nitrogens with zero attached hydrogens (tertiary/aromatic N) is 1. The molecule has 1 aromatic rings. The lowest BCUT2D eigenvalue weighted by Gasteiger charge is -2.36. The summed E-state index contributed by atoms with van der Waals surface area (Å²) < 4.78 is 40.5. The maximum absolute atomic E-state index is 13.9. The number of aliphatic hydroxyl groups excluding tert-OH is 1. The van der Waals surface area contributed by atoms with E-state index in [2.05, 4.69) is 0 Å². The highest BCUT2D eigenvalue weighted by Crippen LogP contribution is 2.30. The zero-order valence-corrected chi connectivity index (χ0v) is 13.0. The molecule has 0 bridgehead atoms. The van der Waals surface area contributed by atoms with Crippen molar-refractivity contribution >= 4 is 21.8 Å². The number of benzene rings is 1. The lowest BCUT2D eigenvalue weighted by atomic mass is 10.2. The summed E-state index contributed by atoms with van der Waals surface area (Å²) in [6.45, 7) is 3.87. The Morgan fingerprint density at radius 2 is 2.15 bits per heavy atom. The van der Waals surface area contributed by atoms with Crippen molar-refractivity contribution in [2.75, 3.05) is 12.3 Å². The van der Waals surface area contributed by atoms with Crippen molar-refractivity contribution in [3.05, 3.63) is 29.6 Å². The first kappa shape index (κ1) is 15.8. The van der Waals surface area contributed by atoms with Crippen LogP contribution in [-0.4, -0.2) is 41.4 Å². The van der Waals surface area contributed by atoms with Gasteiger partial charge in [-0.1, -0.05) is 13.0 Å². The van der Waals surface area contributed by atoms with Crippen LogP contribution in [0.3, 0.4) is 0 Å². The highest BCUT2D eigenvalue weighted by Gasteiger charge is 2.36. The van der Waals surface area contributed by atoms with E-state index in [0.717, 1.165) is 6.07 Å². The molecular formula is C13H18FNO3S2. The first-order valence-corrected chi connectivity index (χ1v) is 8.89. The van der Waals surface area contributed by atoms with Gasteiger partial charge < -0.3 is 5.11 Å². The maximum Gasteiger partial charge on any atom is 0.246 e. The third kappa shape index (κ3) is 2.86. The Hall–Kier alpha value is -0.630. The Labute approximate surface area is 123 Å². The van der Waals surface area contributed by atoms with E-state index in [1.165, 1.54) is 16.4 Å². The van der Waals surface area contributed by atoms with Gasteiger partial charge in [0.25, 0.3) is 0 Å². The summed E-state index contributed by atoms with van der Waals surface area (Å²) in [7, 11) is -3.87. The molecule has 4 nitrogen and oxygen atoms in total. The zero-order chi connectivity index (χ0) is 14.9. The van der Waals surface area contributed by atoms with E-state index < -0.39 is 15.8 Å². The van der Waals surface area contributed by atoms with Crippen LogP contribution in [0.1, 0.15) is 19.4 Å². The molecule has 7 heteroatoms. The van der Waals surface area contributed by atoms with E-state index in [0.29, 0.717) is 17.9 Å². The molecule has 0 radical (unpaired) electrons. The monoisotopic (exact) mass is 319 g/mol. The number of hydrogen-bond donors (Lipinski definition) is 1. The van der Waals surface area contributed by atoms with E-state index in [4.69, 9.17) is 5.11 Å². The SMILES string of the molecule is CC1SCCN(S(=O)(=O)c2cc(CO)ccc2F)C1C. The maximum atomic E-state index is 13.9. The minimum absolute atomic E-state index is 0.169.